The average Bonchev–Trinajstić information content (AvgIpc) is 2.56. The van der Waals surface area contributed by atoms with Crippen molar-refractivity contribution in [3.05, 3.63) is 27.9 Å². The monoisotopic (exact) mass is 224 g/mol. The maximum Gasteiger partial charge on any atom is 0.199 e. The van der Waals surface area contributed by atoms with Crippen LogP contribution in [0.4, 0.5) is 0 Å². The van der Waals surface area contributed by atoms with Gasteiger partial charge in [0.2, 0.25) is 0 Å². The molecule has 1 heterocycles. The maximum absolute atomic E-state index is 11.8. The molecule has 4 heteroatoms. The number of nitrogens with zero attached hydrogens (tertiary/aromatic N) is 2. The van der Waals surface area contributed by atoms with E-state index in [1.807, 2.05) is 32.8 Å². The van der Waals surface area contributed by atoms with Crippen molar-refractivity contribution in [3.8, 4) is 0 Å². The van der Waals surface area contributed by atoms with Crippen molar-refractivity contribution in [1.82, 2.24) is 9.88 Å². The van der Waals surface area contributed by atoms with Crippen LogP contribution in [0.2, 0.25) is 0 Å². The Morgan fingerprint density at radius 2 is 2.20 bits per heavy atom. The highest BCUT2D eigenvalue weighted by molar-refractivity contribution is 7.14. The fourth-order valence-corrected chi connectivity index (χ4v) is 2.05. The second kappa shape index (κ2) is 5.07. The summed E-state index contributed by atoms with van der Waals surface area (Å²) < 4.78 is 0. The zero-order chi connectivity index (χ0) is 11.4. The highest BCUT2D eigenvalue weighted by Gasteiger charge is 2.11. The van der Waals surface area contributed by atoms with Crippen LogP contribution in [0, 0.1) is 6.92 Å². The molecule has 0 amide bonds. The van der Waals surface area contributed by atoms with E-state index in [1.165, 1.54) is 11.3 Å². The molecule has 1 rings (SSSR count). The van der Waals surface area contributed by atoms with E-state index in [0.717, 1.165) is 22.0 Å². The van der Waals surface area contributed by atoms with E-state index in [9.17, 15) is 4.79 Å². The van der Waals surface area contributed by atoms with E-state index in [4.69, 9.17) is 0 Å². The van der Waals surface area contributed by atoms with Crippen molar-refractivity contribution < 1.29 is 4.79 Å². The van der Waals surface area contributed by atoms with Gasteiger partial charge in [-0.1, -0.05) is 6.92 Å². The molecule has 0 radical (unpaired) electrons. The number of hydrogen-bond donors (Lipinski definition) is 0. The van der Waals surface area contributed by atoms with Gasteiger partial charge < -0.3 is 4.90 Å². The topological polar surface area (TPSA) is 33.2 Å². The van der Waals surface area contributed by atoms with E-state index in [2.05, 4.69) is 4.98 Å². The predicted molar refractivity (Wildman–Crippen MR) is 63.4 cm³/mol. The molecule has 0 fully saturated rings. The first-order valence-corrected chi connectivity index (χ1v) is 5.71. The smallest absolute Gasteiger partial charge is 0.199 e. The third-order valence-corrected chi connectivity index (χ3v) is 3.21. The number of aryl methyl sites for hydroxylation is 2. The molecule has 0 saturated heterocycles. The summed E-state index contributed by atoms with van der Waals surface area (Å²) in [4.78, 5) is 18.7. The molecule has 0 spiro atoms. The number of carbonyl (C=O) groups is 1. The summed E-state index contributed by atoms with van der Waals surface area (Å²) in [6.07, 6.45) is 4.23. The molecule has 1 aromatic heterocycles. The summed E-state index contributed by atoms with van der Waals surface area (Å²) >= 11 is 1.49. The largest absolute Gasteiger partial charge is 0.383 e. The number of allylic oxidation sites excluding steroid dienone is 1. The summed E-state index contributed by atoms with van der Waals surface area (Å²) in [6, 6.07) is 0. The third-order valence-electron chi connectivity index (χ3n) is 1.89. The van der Waals surface area contributed by atoms with E-state index in [0.29, 0.717) is 0 Å². The van der Waals surface area contributed by atoms with Crippen molar-refractivity contribution >= 4 is 17.1 Å². The summed E-state index contributed by atoms with van der Waals surface area (Å²) in [7, 11) is 3.78. The predicted octanol–water partition coefficient (Wildman–Crippen LogP) is 2.27. The first-order valence-electron chi connectivity index (χ1n) is 4.89. The van der Waals surface area contributed by atoms with Gasteiger partial charge in [-0.2, -0.15) is 0 Å². The lowest BCUT2D eigenvalue weighted by Crippen LogP contribution is -2.02. The molecule has 0 aliphatic rings. The molecule has 0 N–H and O–H groups in total. The van der Waals surface area contributed by atoms with Crippen molar-refractivity contribution in [2.75, 3.05) is 14.1 Å². The van der Waals surface area contributed by atoms with Gasteiger partial charge in [-0.3, -0.25) is 4.79 Å². The molecule has 82 valence electrons. The van der Waals surface area contributed by atoms with Gasteiger partial charge in [-0.15, -0.1) is 11.3 Å². The normalized spacial score (nSPS) is 10.9. The molecular formula is C11H16N2OS. The van der Waals surface area contributed by atoms with E-state index < -0.39 is 0 Å². The summed E-state index contributed by atoms with van der Waals surface area (Å²) in [6.45, 7) is 3.93. The number of thiazole rings is 1. The molecule has 0 aliphatic heterocycles. The lowest BCUT2D eigenvalue weighted by atomic mass is 10.3. The molecule has 0 atom stereocenters. The van der Waals surface area contributed by atoms with Gasteiger partial charge in [-0.05, 0) is 13.3 Å². The fourth-order valence-electron chi connectivity index (χ4n) is 1.12. The number of aromatic nitrogens is 1. The van der Waals surface area contributed by atoms with E-state index in [-0.39, 0.29) is 5.78 Å². The Kier molecular flexibility index (Phi) is 4.03. The first kappa shape index (κ1) is 11.9. The van der Waals surface area contributed by atoms with Gasteiger partial charge in [-0.25, -0.2) is 4.98 Å². The van der Waals surface area contributed by atoms with E-state index >= 15 is 0 Å². The van der Waals surface area contributed by atoms with Gasteiger partial charge >= 0.3 is 0 Å². The summed E-state index contributed by atoms with van der Waals surface area (Å²) in [5, 5.41) is 1.02. The SMILES string of the molecule is CCc1nc(C)c(C(=O)C=CN(C)C)s1. The molecule has 0 bridgehead atoms. The Morgan fingerprint density at radius 3 is 2.67 bits per heavy atom. The van der Waals surface area contributed by atoms with Crippen molar-refractivity contribution in [3.63, 3.8) is 0 Å². The van der Waals surface area contributed by atoms with Crippen LogP contribution < -0.4 is 0 Å². The summed E-state index contributed by atoms with van der Waals surface area (Å²) in [5.41, 5.74) is 0.838. The van der Waals surface area contributed by atoms with Gasteiger partial charge in [0.1, 0.15) is 0 Å². The third kappa shape index (κ3) is 3.16. The van der Waals surface area contributed by atoms with Crippen LogP contribution in [0.25, 0.3) is 0 Å². The number of hydrogen-bond acceptors (Lipinski definition) is 4. The number of carbonyl (C=O) groups excluding carboxylic acids is 1. The van der Waals surface area contributed by atoms with Gasteiger partial charge in [0, 0.05) is 26.4 Å². The van der Waals surface area contributed by atoms with Crippen molar-refractivity contribution in [2.45, 2.75) is 20.3 Å². The van der Waals surface area contributed by atoms with Crippen LogP contribution >= 0.6 is 11.3 Å². The minimum atomic E-state index is 0.0402. The lowest BCUT2D eigenvalue weighted by Gasteiger charge is -2.01. The fraction of sp³-hybridized carbons (Fsp3) is 0.455. The van der Waals surface area contributed by atoms with Crippen LogP contribution in [0.5, 0.6) is 0 Å². The Bertz CT molecular complexity index is 380. The Labute approximate surface area is 94.4 Å². The van der Waals surface area contributed by atoms with Crippen LogP contribution in [0.3, 0.4) is 0 Å². The average molecular weight is 224 g/mol. The van der Waals surface area contributed by atoms with Gasteiger partial charge in [0.15, 0.2) is 5.78 Å². The maximum atomic E-state index is 11.8. The molecule has 3 nitrogen and oxygen atoms in total. The standard InChI is InChI=1S/C11H16N2OS/c1-5-10-12-8(2)11(15-10)9(14)6-7-13(3)4/h6-7H,5H2,1-4H3. The quantitative estimate of drug-likeness (QED) is 0.581. The Hall–Kier alpha value is -1.16. The van der Waals surface area contributed by atoms with Crippen LogP contribution in [0.1, 0.15) is 27.3 Å². The molecular weight excluding hydrogens is 208 g/mol. The molecule has 15 heavy (non-hydrogen) atoms. The van der Waals surface area contributed by atoms with Gasteiger partial charge in [0.25, 0.3) is 0 Å². The minimum Gasteiger partial charge on any atom is -0.383 e. The number of rotatable bonds is 4. The van der Waals surface area contributed by atoms with E-state index in [1.54, 1.807) is 12.3 Å². The first-order chi connectivity index (χ1) is 7.04. The molecule has 0 saturated carbocycles. The number of ketones is 1. The Balaban J connectivity index is 2.86. The second-order valence-corrected chi connectivity index (χ2v) is 4.60. The summed E-state index contributed by atoms with van der Waals surface area (Å²) in [5.74, 6) is 0.0402. The van der Waals surface area contributed by atoms with Crippen LogP contribution in [-0.2, 0) is 6.42 Å². The van der Waals surface area contributed by atoms with Crippen molar-refractivity contribution in [1.29, 1.82) is 0 Å². The zero-order valence-corrected chi connectivity index (χ0v) is 10.4. The Morgan fingerprint density at radius 1 is 1.53 bits per heavy atom. The second-order valence-electron chi connectivity index (χ2n) is 3.52. The molecule has 0 aromatic carbocycles. The minimum absolute atomic E-state index is 0.0402. The van der Waals surface area contributed by atoms with Crippen LogP contribution in [-0.4, -0.2) is 29.8 Å². The zero-order valence-electron chi connectivity index (χ0n) is 9.57. The molecule has 0 unspecified atom stereocenters. The van der Waals surface area contributed by atoms with Gasteiger partial charge in [0.05, 0.1) is 15.6 Å². The highest BCUT2D eigenvalue weighted by atomic mass is 32.1. The highest BCUT2D eigenvalue weighted by Crippen LogP contribution is 2.19. The lowest BCUT2D eigenvalue weighted by molar-refractivity contribution is 0.104. The molecule has 0 aliphatic carbocycles. The van der Waals surface area contributed by atoms with Crippen molar-refractivity contribution in [2.24, 2.45) is 0 Å². The van der Waals surface area contributed by atoms with Crippen LogP contribution in [0.15, 0.2) is 12.3 Å². The molecule has 1 aromatic rings.